The first-order chi connectivity index (χ1) is 20.1. The average Bonchev–Trinajstić information content (AvgIpc) is 3.57. The standard InChI is InChI=1S/C30H36N4O7S/c1-30(2,29-31-19-32-33-29)22-10-13-25(39-5)28(14-22)42(35,36)34(17-20-8-11-23(37-3)15-26(20)40-6)18-21-9-12-24(38-4)16-27(21)41-7/h8-16,19H,17-18H2,1-7H3,(H,31,32,33). The number of aromatic amines is 1. The molecule has 1 aromatic heterocycles. The summed E-state index contributed by atoms with van der Waals surface area (Å²) in [4.78, 5) is 4.32. The van der Waals surface area contributed by atoms with Gasteiger partial charge >= 0.3 is 0 Å². The number of hydrogen-bond donors (Lipinski definition) is 1. The van der Waals surface area contributed by atoms with Crippen LogP contribution in [0.1, 0.15) is 36.4 Å². The van der Waals surface area contributed by atoms with Gasteiger partial charge in [-0.3, -0.25) is 5.10 Å². The van der Waals surface area contributed by atoms with Gasteiger partial charge in [0.1, 0.15) is 45.8 Å². The second-order valence-corrected chi connectivity index (χ2v) is 11.9. The maximum atomic E-state index is 14.6. The molecule has 12 heteroatoms. The van der Waals surface area contributed by atoms with E-state index in [1.807, 2.05) is 19.9 Å². The lowest BCUT2D eigenvalue weighted by Gasteiger charge is -2.27. The molecule has 4 aromatic rings. The van der Waals surface area contributed by atoms with Crippen LogP contribution in [0.2, 0.25) is 0 Å². The molecule has 0 spiro atoms. The highest BCUT2D eigenvalue weighted by Crippen LogP contribution is 2.37. The Kier molecular flexibility index (Phi) is 9.27. The number of benzene rings is 3. The van der Waals surface area contributed by atoms with Crippen LogP contribution in [0.4, 0.5) is 0 Å². The molecule has 0 saturated heterocycles. The first-order valence-electron chi connectivity index (χ1n) is 13.0. The van der Waals surface area contributed by atoms with E-state index in [1.54, 1.807) is 62.8 Å². The summed E-state index contributed by atoms with van der Waals surface area (Å²) in [6.07, 6.45) is 1.42. The molecule has 3 aromatic carbocycles. The zero-order valence-electron chi connectivity index (χ0n) is 24.8. The minimum Gasteiger partial charge on any atom is -0.497 e. The molecule has 0 radical (unpaired) electrons. The molecule has 0 aliphatic heterocycles. The van der Waals surface area contributed by atoms with Crippen molar-refractivity contribution in [3.63, 3.8) is 0 Å². The molecule has 0 aliphatic rings. The van der Waals surface area contributed by atoms with Gasteiger partial charge in [0.25, 0.3) is 0 Å². The van der Waals surface area contributed by atoms with Crippen LogP contribution in [0.25, 0.3) is 0 Å². The van der Waals surface area contributed by atoms with Crippen LogP contribution in [0.3, 0.4) is 0 Å². The van der Waals surface area contributed by atoms with Crippen LogP contribution in [0.5, 0.6) is 28.7 Å². The van der Waals surface area contributed by atoms with Crippen LogP contribution in [0, 0.1) is 0 Å². The minimum absolute atomic E-state index is 0.00930. The van der Waals surface area contributed by atoms with Crippen LogP contribution >= 0.6 is 0 Å². The SMILES string of the molecule is COc1ccc(CN(Cc2ccc(OC)cc2OC)S(=O)(=O)c2cc(C(C)(C)c3ncn[nH]3)ccc2OC)c(OC)c1. The molecule has 0 saturated carbocycles. The molecule has 42 heavy (non-hydrogen) atoms. The van der Waals surface area contributed by atoms with Gasteiger partial charge in [-0.1, -0.05) is 18.2 Å². The Hall–Kier alpha value is -4.29. The molecule has 0 bridgehead atoms. The van der Waals surface area contributed by atoms with E-state index in [9.17, 15) is 8.42 Å². The van der Waals surface area contributed by atoms with Crippen LogP contribution in [-0.2, 0) is 28.5 Å². The fourth-order valence-electron chi connectivity index (χ4n) is 4.62. The molecule has 1 heterocycles. The maximum absolute atomic E-state index is 14.6. The molecule has 11 nitrogen and oxygen atoms in total. The lowest BCUT2D eigenvalue weighted by atomic mass is 9.84. The van der Waals surface area contributed by atoms with E-state index in [2.05, 4.69) is 15.2 Å². The fraction of sp³-hybridized carbons (Fsp3) is 0.333. The molecule has 0 fully saturated rings. The van der Waals surface area contributed by atoms with Gasteiger partial charge in [-0.15, -0.1) is 0 Å². The van der Waals surface area contributed by atoms with Crippen molar-refractivity contribution in [1.29, 1.82) is 0 Å². The van der Waals surface area contributed by atoms with Gasteiger partial charge in [-0.2, -0.15) is 9.40 Å². The van der Waals surface area contributed by atoms with E-state index in [-0.39, 0.29) is 23.7 Å². The molecule has 4 rings (SSSR count). The highest BCUT2D eigenvalue weighted by Gasteiger charge is 2.33. The second kappa shape index (κ2) is 12.7. The van der Waals surface area contributed by atoms with Crippen LogP contribution in [-0.4, -0.2) is 63.5 Å². The summed E-state index contributed by atoms with van der Waals surface area (Å²) in [6, 6.07) is 15.6. The van der Waals surface area contributed by atoms with Gasteiger partial charge < -0.3 is 23.7 Å². The molecular weight excluding hydrogens is 560 g/mol. The maximum Gasteiger partial charge on any atom is 0.247 e. The van der Waals surface area contributed by atoms with Crippen LogP contribution in [0.15, 0.2) is 65.8 Å². The molecular formula is C30H36N4O7S. The number of methoxy groups -OCH3 is 5. The van der Waals surface area contributed by atoms with Crippen molar-refractivity contribution in [1.82, 2.24) is 19.5 Å². The predicted molar refractivity (Wildman–Crippen MR) is 157 cm³/mol. The largest absolute Gasteiger partial charge is 0.497 e. The molecule has 0 unspecified atom stereocenters. The van der Waals surface area contributed by atoms with Crippen molar-refractivity contribution in [3.8, 4) is 28.7 Å². The van der Waals surface area contributed by atoms with Crippen LogP contribution < -0.4 is 23.7 Å². The van der Waals surface area contributed by atoms with Gasteiger partial charge in [-0.05, 0) is 43.7 Å². The third-order valence-electron chi connectivity index (χ3n) is 7.19. The van der Waals surface area contributed by atoms with E-state index < -0.39 is 15.4 Å². The second-order valence-electron chi connectivity index (χ2n) is 9.95. The quantitative estimate of drug-likeness (QED) is 0.236. The topological polar surface area (TPSA) is 125 Å². The summed E-state index contributed by atoms with van der Waals surface area (Å²) in [7, 11) is 3.43. The molecule has 0 atom stereocenters. The van der Waals surface area contributed by atoms with E-state index in [4.69, 9.17) is 23.7 Å². The van der Waals surface area contributed by atoms with Crippen molar-refractivity contribution in [2.75, 3.05) is 35.5 Å². The highest BCUT2D eigenvalue weighted by atomic mass is 32.2. The fourth-order valence-corrected chi connectivity index (χ4v) is 6.20. The van der Waals surface area contributed by atoms with Gasteiger partial charge in [0.15, 0.2) is 0 Å². The van der Waals surface area contributed by atoms with Crippen molar-refractivity contribution >= 4 is 10.0 Å². The van der Waals surface area contributed by atoms with Crippen molar-refractivity contribution in [2.24, 2.45) is 0 Å². The number of ether oxygens (including phenoxy) is 5. The number of sulfonamides is 1. The van der Waals surface area contributed by atoms with Gasteiger partial charge in [0.2, 0.25) is 10.0 Å². The van der Waals surface area contributed by atoms with Crippen molar-refractivity contribution in [3.05, 3.63) is 83.4 Å². The zero-order valence-corrected chi connectivity index (χ0v) is 25.6. The first-order valence-corrected chi connectivity index (χ1v) is 14.5. The summed E-state index contributed by atoms with van der Waals surface area (Å²) in [5.41, 5.74) is 1.33. The predicted octanol–water partition coefficient (Wildman–Crippen LogP) is 4.56. The third-order valence-corrected chi connectivity index (χ3v) is 9.00. The van der Waals surface area contributed by atoms with Gasteiger partial charge in [-0.25, -0.2) is 13.4 Å². The molecule has 0 amide bonds. The molecule has 1 N–H and O–H groups in total. The lowest BCUT2D eigenvalue weighted by Crippen LogP contribution is -2.31. The monoisotopic (exact) mass is 596 g/mol. The number of rotatable bonds is 13. The first kappa shape index (κ1) is 30.7. The summed E-state index contributed by atoms with van der Waals surface area (Å²) >= 11 is 0. The number of H-pyrrole nitrogens is 1. The third kappa shape index (κ3) is 6.14. The Bertz CT molecular complexity index is 1570. The molecule has 0 aliphatic carbocycles. The Morgan fingerprint density at radius 1 is 0.738 bits per heavy atom. The summed E-state index contributed by atoms with van der Waals surface area (Å²) in [5.74, 6) is 2.96. The van der Waals surface area contributed by atoms with Gasteiger partial charge in [0, 0.05) is 41.8 Å². The summed E-state index contributed by atoms with van der Waals surface area (Å²) < 4.78 is 58.0. The van der Waals surface area contributed by atoms with E-state index >= 15 is 0 Å². The number of aromatic nitrogens is 3. The Morgan fingerprint density at radius 3 is 1.74 bits per heavy atom. The normalized spacial score (nSPS) is 11.8. The highest BCUT2D eigenvalue weighted by molar-refractivity contribution is 7.89. The van der Waals surface area contributed by atoms with Crippen molar-refractivity contribution < 1.29 is 32.1 Å². The average molecular weight is 597 g/mol. The smallest absolute Gasteiger partial charge is 0.247 e. The minimum atomic E-state index is -4.18. The van der Waals surface area contributed by atoms with E-state index in [0.29, 0.717) is 45.5 Å². The number of nitrogens with zero attached hydrogens (tertiary/aromatic N) is 3. The number of nitrogens with one attached hydrogen (secondary N) is 1. The van der Waals surface area contributed by atoms with Gasteiger partial charge in [0.05, 0.1) is 35.5 Å². The number of hydrogen-bond acceptors (Lipinski definition) is 9. The Morgan fingerprint density at radius 2 is 1.29 bits per heavy atom. The van der Waals surface area contributed by atoms with Crippen molar-refractivity contribution in [2.45, 2.75) is 37.2 Å². The summed E-state index contributed by atoms with van der Waals surface area (Å²) in [5, 5.41) is 6.86. The summed E-state index contributed by atoms with van der Waals surface area (Å²) in [6.45, 7) is 3.86. The zero-order chi connectivity index (χ0) is 30.5. The Labute approximate surface area is 246 Å². The lowest BCUT2D eigenvalue weighted by molar-refractivity contribution is 0.355. The van der Waals surface area contributed by atoms with E-state index in [0.717, 1.165) is 0 Å². The van der Waals surface area contributed by atoms with E-state index in [1.165, 1.54) is 32.0 Å². The Balaban J connectivity index is 1.86. The molecule has 224 valence electrons.